The van der Waals surface area contributed by atoms with Gasteiger partial charge in [-0.2, -0.15) is 0 Å². The molecule has 0 spiro atoms. The third-order valence-corrected chi connectivity index (χ3v) is 9.32. The summed E-state index contributed by atoms with van der Waals surface area (Å²) in [5.41, 5.74) is -0.780. The summed E-state index contributed by atoms with van der Waals surface area (Å²) < 4.78 is 0. The Morgan fingerprint density at radius 3 is 2.52 bits per heavy atom. The molecular weight excluding hydrogens is 364 g/mol. The smallest absolute Gasteiger partial charge is 0.243 e. The van der Waals surface area contributed by atoms with Crippen molar-refractivity contribution in [3.8, 4) is 0 Å². The molecule has 7 atom stereocenters. The van der Waals surface area contributed by atoms with Crippen LogP contribution in [0.1, 0.15) is 73.1 Å². The first-order valence-corrected chi connectivity index (χ1v) is 11.3. The zero-order valence-electron chi connectivity index (χ0n) is 18.5. The Morgan fingerprint density at radius 1 is 1.10 bits per heavy atom. The maximum atomic E-state index is 13.2. The molecule has 4 aliphatic rings. The van der Waals surface area contributed by atoms with E-state index in [1.54, 1.807) is 26.8 Å². The molecule has 2 N–H and O–H groups in total. The minimum atomic E-state index is -0.806. The van der Waals surface area contributed by atoms with E-state index in [0.29, 0.717) is 17.8 Å². The molecule has 5 nitrogen and oxygen atoms in total. The molecule has 4 rings (SSSR count). The van der Waals surface area contributed by atoms with Crippen LogP contribution in [0.3, 0.4) is 0 Å². The van der Waals surface area contributed by atoms with Crippen LogP contribution in [0.5, 0.6) is 0 Å². The SMILES string of the molecule is CC(=O)C(C)(C)NC(=O)C1CC[C@H]2[C@@H]3CCC4NC(=O)C=C[C@]4(C)[C@@H]3CC[C@]12C. The van der Waals surface area contributed by atoms with Gasteiger partial charge in [0.05, 0.1) is 5.54 Å². The molecule has 0 saturated heterocycles. The summed E-state index contributed by atoms with van der Waals surface area (Å²) in [5.74, 6) is 1.78. The number of rotatable bonds is 3. The molecule has 3 fully saturated rings. The van der Waals surface area contributed by atoms with Crippen LogP contribution in [0, 0.1) is 34.5 Å². The lowest BCUT2D eigenvalue weighted by molar-refractivity contribution is -0.138. The molecule has 0 aromatic heterocycles. The molecule has 0 radical (unpaired) electrons. The Bertz CT molecular complexity index is 772. The van der Waals surface area contributed by atoms with Crippen molar-refractivity contribution in [2.75, 3.05) is 0 Å². The third-order valence-electron chi connectivity index (χ3n) is 9.32. The van der Waals surface area contributed by atoms with E-state index in [4.69, 9.17) is 0 Å². The molecule has 2 amide bonds. The van der Waals surface area contributed by atoms with E-state index in [-0.39, 0.29) is 40.4 Å². The molecule has 3 aliphatic carbocycles. The van der Waals surface area contributed by atoms with Crippen molar-refractivity contribution in [2.45, 2.75) is 84.7 Å². The van der Waals surface area contributed by atoms with Crippen molar-refractivity contribution in [3.05, 3.63) is 12.2 Å². The van der Waals surface area contributed by atoms with Gasteiger partial charge in [0, 0.05) is 17.4 Å². The van der Waals surface area contributed by atoms with E-state index in [1.165, 1.54) is 0 Å². The highest BCUT2D eigenvalue weighted by Gasteiger charge is 2.61. The van der Waals surface area contributed by atoms with Crippen molar-refractivity contribution >= 4 is 17.6 Å². The first-order valence-electron chi connectivity index (χ1n) is 11.3. The molecule has 5 heteroatoms. The summed E-state index contributed by atoms with van der Waals surface area (Å²) in [6.07, 6.45) is 10.2. The van der Waals surface area contributed by atoms with E-state index in [1.807, 2.05) is 0 Å². The van der Waals surface area contributed by atoms with E-state index in [0.717, 1.165) is 38.5 Å². The maximum absolute atomic E-state index is 13.2. The third kappa shape index (κ3) is 3.07. The van der Waals surface area contributed by atoms with Crippen LogP contribution < -0.4 is 10.6 Å². The highest BCUT2D eigenvalue weighted by atomic mass is 16.2. The number of carbonyl (C=O) groups is 3. The number of hydrogen-bond donors (Lipinski definition) is 2. The van der Waals surface area contributed by atoms with Gasteiger partial charge < -0.3 is 10.6 Å². The number of ketones is 1. The van der Waals surface area contributed by atoms with Crippen LogP contribution in [0.15, 0.2) is 12.2 Å². The van der Waals surface area contributed by atoms with Crippen LogP contribution in [0.2, 0.25) is 0 Å². The van der Waals surface area contributed by atoms with Gasteiger partial charge in [0.15, 0.2) is 5.78 Å². The van der Waals surface area contributed by atoms with E-state index >= 15 is 0 Å². The van der Waals surface area contributed by atoms with Gasteiger partial charge in [-0.25, -0.2) is 0 Å². The number of nitrogens with one attached hydrogen (secondary N) is 2. The second kappa shape index (κ2) is 6.68. The zero-order valence-corrected chi connectivity index (χ0v) is 18.5. The van der Waals surface area contributed by atoms with Crippen molar-refractivity contribution in [3.63, 3.8) is 0 Å². The van der Waals surface area contributed by atoms with Crippen LogP contribution in [0.25, 0.3) is 0 Å². The minimum absolute atomic E-state index is 0.00292. The Hall–Kier alpha value is -1.65. The van der Waals surface area contributed by atoms with E-state index < -0.39 is 5.54 Å². The summed E-state index contributed by atoms with van der Waals surface area (Å²) in [6, 6.07) is 0.238. The van der Waals surface area contributed by atoms with Gasteiger partial charge in [-0.15, -0.1) is 0 Å². The molecule has 29 heavy (non-hydrogen) atoms. The predicted octanol–water partition coefficient (Wildman–Crippen LogP) is 3.38. The fourth-order valence-corrected chi connectivity index (χ4v) is 7.25. The Morgan fingerprint density at radius 2 is 1.83 bits per heavy atom. The summed E-state index contributed by atoms with van der Waals surface area (Å²) in [4.78, 5) is 37.0. The second-order valence-corrected chi connectivity index (χ2v) is 11.1. The average molecular weight is 401 g/mol. The minimum Gasteiger partial charge on any atom is -0.349 e. The molecule has 160 valence electrons. The fraction of sp³-hybridized carbons (Fsp3) is 0.792. The highest BCUT2D eigenvalue weighted by molar-refractivity contribution is 5.91. The number of carbonyl (C=O) groups excluding carboxylic acids is 3. The maximum Gasteiger partial charge on any atom is 0.243 e. The average Bonchev–Trinajstić information content (AvgIpc) is 2.99. The summed E-state index contributed by atoms with van der Waals surface area (Å²) in [5, 5.41) is 6.24. The monoisotopic (exact) mass is 400 g/mol. The van der Waals surface area contributed by atoms with Crippen molar-refractivity contribution in [1.82, 2.24) is 10.6 Å². The summed E-state index contributed by atoms with van der Waals surface area (Å²) in [7, 11) is 0. The molecule has 3 saturated carbocycles. The van der Waals surface area contributed by atoms with Gasteiger partial charge in [0.1, 0.15) is 0 Å². The summed E-state index contributed by atoms with van der Waals surface area (Å²) in [6.45, 7) is 9.77. The first-order chi connectivity index (χ1) is 13.5. The molecule has 0 aromatic rings. The van der Waals surface area contributed by atoms with Crippen molar-refractivity contribution < 1.29 is 14.4 Å². The van der Waals surface area contributed by atoms with Gasteiger partial charge in [-0.3, -0.25) is 14.4 Å². The Labute approximate surface area is 174 Å². The summed E-state index contributed by atoms with van der Waals surface area (Å²) >= 11 is 0. The quantitative estimate of drug-likeness (QED) is 0.763. The number of hydrogen-bond acceptors (Lipinski definition) is 3. The molecule has 0 bridgehead atoms. The van der Waals surface area contributed by atoms with Crippen LogP contribution in [0.4, 0.5) is 0 Å². The highest BCUT2D eigenvalue weighted by Crippen LogP contribution is 2.65. The van der Waals surface area contributed by atoms with Crippen molar-refractivity contribution in [2.24, 2.45) is 34.5 Å². The van der Waals surface area contributed by atoms with Gasteiger partial charge in [0.2, 0.25) is 11.8 Å². The van der Waals surface area contributed by atoms with Crippen LogP contribution in [-0.4, -0.2) is 29.2 Å². The normalized spacial score (nSPS) is 43.6. The standard InChI is InChI=1S/C24H36N2O3/c1-14(27)22(2,3)26-21(29)18-8-7-16-15-6-9-19-24(5,13-11-20(28)25-19)17(15)10-12-23(16,18)4/h11,13,15-19H,6-10,12H2,1-5H3,(H,25,28)(H,26,29)/t15-,16-,17+,18?,19?,23-,24+/m0/s1. The zero-order chi connectivity index (χ0) is 21.2. The largest absolute Gasteiger partial charge is 0.349 e. The number of fused-ring (bicyclic) bond motifs is 5. The Balaban J connectivity index is 1.56. The van der Waals surface area contributed by atoms with Crippen LogP contribution in [-0.2, 0) is 14.4 Å². The van der Waals surface area contributed by atoms with Crippen molar-refractivity contribution in [1.29, 1.82) is 0 Å². The molecular formula is C24H36N2O3. The lowest BCUT2D eigenvalue weighted by Crippen LogP contribution is -2.60. The van der Waals surface area contributed by atoms with E-state index in [9.17, 15) is 14.4 Å². The number of amides is 2. The topological polar surface area (TPSA) is 75.3 Å². The lowest BCUT2D eigenvalue weighted by Gasteiger charge is -2.58. The predicted molar refractivity (Wildman–Crippen MR) is 112 cm³/mol. The second-order valence-electron chi connectivity index (χ2n) is 11.1. The first kappa shape index (κ1) is 20.6. The lowest BCUT2D eigenvalue weighted by atomic mass is 9.48. The van der Waals surface area contributed by atoms with E-state index in [2.05, 4.69) is 30.6 Å². The molecule has 1 aliphatic heterocycles. The fourth-order valence-electron chi connectivity index (χ4n) is 7.25. The number of Topliss-reactive ketones (excluding diaryl/α,β-unsaturated/α-hetero) is 1. The van der Waals surface area contributed by atoms with Gasteiger partial charge in [0.25, 0.3) is 0 Å². The van der Waals surface area contributed by atoms with Gasteiger partial charge >= 0.3 is 0 Å². The van der Waals surface area contributed by atoms with Gasteiger partial charge in [-0.05, 0) is 88.5 Å². The van der Waals surface area contributed by atoms with Crippen LogP contribution >= 0.6 is 0 Å². The molecule has 0 aromatic carbocycles. The molecule has 1 heterocycles. The Kier molecular flexibility index (Phi) is 4.75. The molecule has 2 unspecified atom stereocenters. The van der Waals surface area contributed by atoms with Gasteiger partial charge in [-0.1, -0.05) is 19.9 Å².